The fraction of sp³-hybridized carbons (Fsp3) is 0.474. The summed E-state index contributed by atoms with van der Waals surface area (Å²) >= 11 is 0. The van der Waals surface area contributed by atoms with Crippen LogP contribution in [0.2, 0.25) is 0 Å². The van der Waals surface area contributed by atoms with Gasteiger partial charge >= 0.3 is 5.97 Å². The maximum absolute atomic E-state index is 12.6. The second-order valence-corrected chi connectivity index (χ2v) is 13.6. The molecule has 224 valence electrons. The van der Waals surface area contributed by atoms with Crippen molar-refractivity contribution in [1.82, 2.24) is 15.1 Å². The fourth-order valence-electron chi connectivity index (χ4n) is 8.94. The number of hydrogen-bond donors (Lipinski definition) is 2. The van der Waals surface area contributed by atoms with E-state index in [1.54, 1.807) is 0 Å². The van der Waals surface area contributed by atoms with Crippen molar-refractivity contribution >= 4 is 16.7 Å². The number of benzene rings is 3. The minimum atomic E-state index is -0.549. The molecular formula is C38H45N3O2. The van der Waals surface area contributed by atoms with E-state index >= 15 is 0 Å². The Bertz CT molecular complexity index is 1510. The molecule has 3 aliphatic rings. The number of nitrogens with one attached hydrogen (secondary N) is 1. The maximum Gasteiger partial charge on any atom is 0.307 e. The molecule has 3 fully saturated rings. The van der Waals surface area contributed by atoms with Crippen LogP contribution in [0.3, 0.4) is 0 Å². The summed E-state index contributed by atoms with van der Waals surface area (Å²) in [4.78, 5) is 15.3. The molecule has 1 unspecified atom stereocenters. The van der Waals surface area contributed by atoms with Crippen molar-refractivity contribution in [2.24, 2.45) is 23.7 Å². The molecule has 1 saturated heterocycles. The number of likely N-dealkylation sites (tertiary alicyclic amines) is 1. The van der Waals surface area contributed by atoms with Gasteiger partial charge in [-0.2, -0.15) is 5.10 Å². The molecule has 3 aromatic carbocycles. The Morgan fingerprint density at radius 3 is 2.40 bits per heavy atom. The van der Waals surface area contributed by atoms with Gasteiger partial charge in [-0.1, -0.05) is 92.1 Å². The van der Waals surface area contributed by atoms with Crippen LogP contribution in [0.4, 0.5) is 0 Å². The Hall–Kier alpha value is -3.44. The van der Waals surface area contributed by atoms with Crippen molar-refractivity contribution in [3.63, 3.8) is 0 Å². The van der Waals surface area contributed by atoms with Crippen LogP contribution in [-0.4, -0.2) is 45.8 Å². The van der Waals surface area contributed by atoms with E-state index in [1.807, 2.05) is 0 Å². The average Bonchev–Trinajstić information content (AvgIpc) is 3.70. The number of carboxylic acids is 1. The Balaban J connectivity index is 1.03. The molecule has 0 bridgehead atoms. The van der Waals surface area contributed by atoms with Crippen LogP contribution in [0.1, 0.15) is 80.9 Å². The van der Waals surface area contributed by atoms with Gasteiger partial charge in [-0.25, -0.2) is 0 Å². The lowest BCUT2D eigenvalue weighted by molar-refractivity contribution is -0.146. The van der Waals surface area contributed by atoms with Gasteiger partial charge in [0.1, 0.15) is 0 Å². The average molecular weight is 576 g/mol. The van der Waals surface area contributed by atoms with E-state index in [0.29, 0.717) is 23.7 Å². The number of nitrogens with zero attached hydrogens (tertiary/aromatic N) is 2. The molecule has 1 aromatic heterocycles. The standard InChI is InChI=1S/C38H45N3O2/c42-38(43)37(29-13-5-2-6-14-29)30-22-31(34(23-30)27-10-3-1-4-11-27)25-41-20-18-28(19-21-41)35-24-36(40-39-35)33-17-9-15-26-12-7-8-16-32(26)33/h1,3-4,7-12,15-17,24,28-31,34,37H,2,5-6,13-14,18-23,25H2,(H,39,40)(H,42,43)/t30?,31-,34-,37+/m0/s1. The summed E-state index contributed by atoms with van der Waals surface area (Å²) in [6.07, 6.45) is 10.2. The van der Waals surface area contributed by atoms with Gasteiger partial charge in [-0.05, 0) is 97.7 Å². The highest BCUT2D eigenvalue weighted by Gasteiger charge is 2.44. The van der Waals surface area contributed by atoms with Crippen LogP contribution in [-0.2, 0) is 4.79 Å². The summed E-state index contributed by atoms with van der Waals surface area (Å²) in [5.74, 6) is 1.37. The zero-order chi connectivity index (χ0) is 29.2. The normalized spacial score (nSPS) is 24.8. The van der Waals surface area contributed by atoms with E-state index in [-0.39, 0.29) is 11.8 Å². The SMILES string of the molecule is O=C(O)[C@H](C1CCCCC1)C1C[C@@H](CN2CCC(c3cc(-c4cccc5ccccc45)n[nH]3)CC2)[C@H](c2ccccc2)C1. The van der Waals surface area contributed by atoms with E-state index in [0.717, 1.165) is 63.9 Å². The maximum atomic E-state index is 12.6. The number of aromatic nitrogens is 2. The molecule has 2 heterocycles. The van der Waals surface area contributed by atoms with Crippen LogP contribution in [0, 0.1) is 23.7 Å². The third-order valence-corrected chi connectivity index (χ3v) is 11.1. The molecule has 43 heavy (non-hydrogen) atoms. The quantitative estimate of drug-likeness (QED) is 0.221. The Morgan fingerprint density at radius 2 is 1.60 bits per heavy atom. The molecule has 2 aliphatic carbocycles. The van der Waals surface area contributed by atoms with Crippen molar-refractivity contribution < 1.29 is 9.90 Å². The first-order valence-electron chi connectivity index (χ1n) is 16.7. The molecule has 2 N–H and O–H groups in total. The van der Waals surface area contributed by atoms with E-state index in [9.17, 15) is 9.90 Å². The van der Waals surface area contributed by atoms with Crippen LogP contribution >= 0.6 is 0 Å². The van der Waals surface area contributed by atoms with Gasteiger partial charge in [0.05, 0.1) is 11.6 Å². The van der Waals surface area contributed by atoms with Crippen molar-refractivity contribution in [3.05, 3.63) is 90.1 Å². The van der Waals surface area contributed by atoms with Gasteiger partial charge < -0.3 is 10.0 Å². The number of aromatic amines is 1. The largest absolute Gasteiger partial charge is 0.481 e. The molecule has 5 heteroatoms. The highest BCUT2D eigenvalue weighted by molar-refractivity contribution is 5.95. The molecule has 1 aliphatic heterocycles. The fourth-order valence-corrected chi connectivity index (χ4v) is 8.94. The number of piperidine rings is 1. The number of rotatable bonds is 8. The highest BCUT2D eigenvalue weighted by Crippen LogP contribution is 2.50. The molecule has 0 radical (unpaired) electrons. The first kappa shape index (κ1) is 28.3. The lowest BCUT2D eigenvalue weighted by Crippen LogP contribution is -2.37. The molecule has 0 spiro atoms. The topological polar surface area (TPSA) is 69.2 Å². The van der Waals surface area contributed by atoms with Gasteiger partial charge in [0.25, 0.3) is 0 Å². The summed E-state index contributed by atoms with van der Waals surface area (Å²) in [6.45, 7) is 3.24. The third-order valence-electron chi connectivity index (χ3n) is 11.1. The van der Waals surface area contributed by atoms with Crippen LogP contribution in [0.5, 0.6) is 0 Å². The van der Waals surface area contributed by atoms with Crippen molar-refractivity contribution in [2.45, 2.75) is 69.6 Å². The zero-order valence-electron chi connectivity index (χ0n) is 25.2. The Kier molecular flexibility index (Phi) is 8.34. The summed E-state index contributed by atoms with van der Waals surface area (Å²) in [5, 5.41) is 21.0. The predicted molar refractivity (Wildman–Crippen MR) is 173 cm³/mol. The second-order valence-electron chi connectivity index (χ2n) is 13.6. The van der Waals surface area contributed by atoms with Crippen molar-refractivity contribution in [1.29, 1.82) is 0 Å². The van der Waals surface area contributed by atoms with Crippen LogP contribution in [0.15, 0.2) is 78.9 Å². The first-order chi connectivity index (χ1) is 21.1. The number of hydrogen-bond acceptors (Lipinski definition) is 3. The van der Waals surface area contributed by atoms with Crippen LogP contribution in [0.25, 0.3) is 22.0 Å². The number of carbonyl (C=O) groups is 1. The minimum absolute atomic E-state index is 0.182. The molecule has 4 atom stereocenters. The summed E-state index contributed by atoms with van der Waals surface area (Å²) < 4.78 is 0. The number of H-pyrrole nitrogens is 1. The van der Waals surface area contributed by atoms with E-state index < -0.39 is 5.97 Å². The zero-order valence-corrected chi connectivity index (χ0v) is 25.2. The lowest BCUT2D eigenvalue weighted by atomic mass is 9.73. The van der Waals surface area contributed by atoms with Gasteiger partial charge in [0.15, 0.2) is 0 Å². The smallest absolute Gasteiger partial charge is 0.307 e. The van der Waals surface area contributed by atoms with Crippen molar-refractivity contribution in [2.75, 3.05) is 19.6 Å². The van der Waals surface area contributed by atoms with Crippen LogP contribution < -0.4 is 0 Å². The minimum Gasteiger partial charge on any atom is -0.481 e. The predicted octanol–water partition coefficient (Wildman–Crippen LogP) is 8.50. The summed E-state index contributed by atoms with van der Waals surface area (Å²) in [7, 11) is 0. The molecule has 5 nitrogen and oxygen atoms in total. The van der Waals surface area contributed by atoms with Gasteiger partial charge in [-0.15, -0.1) is 0 Å². The number of aliphatic carboxylic acids is 1. The van der Waals surface area contributed by atoms with Gasteiger partial charge in [0.2, 0.25) is 0 Å². The van der Waals surface area contributed by atoms with E-state index in [1.165, 1.54) is 46.9 Å². The molecular weight excluding hydrogens is 530 g/mol. The molecule has 2 saturated carbocycles. The monoisotopic (exact) mass is 575 g/mol. The summed E-state index contributed by atoms with van der Waals surface area (Å²) in [6, 6.07) is 28.2. The van der Waals surface area contributed by atoms with Crippen molar-refractivity contribution in [3.8, 4) is 11.3 Å². The third kappa shape index (κ3) is 6.02. The molecule has 0 amide bonds. The Labute approximate surface area is 255 Å². The number of carboxylic acid groups (broad SMARTS) is 1. The Morgan fingerprint density at radius 1 is 0.860 bits per heavy atom. The highest BCUT2D eigenvalue weighted by atomic mass is 16.4. The first-order valence-corrected chi connectivity index (χ1v) is 16.7. The number of fused-ring (bicyclic) bond motifs is 1. The van der Waals surface area contributed by atoms with E-state index in [4.69, 9.17) is 5.10 Å². The molecule has 4 aromatic rings. The second kappa shape index (κ2) is 12.7. The van der Waals surface area contributed by atoms with Gasteiger partial charge in [0, 0.05) is 23.7 Å². The summed E-state index contributed by atoms with van der Waals surface area (Å²) in [5.41, 5.74) is 4.87. The molecule has 7 rings (SSSR count). The lowest BCUT2D eigenvalue weighted by Gasteiger charge is -2.35. The van der Waals surface area contributed by atoms with E-state index in [2.05, 4.69) is 88.9 Å². The van der Waals surface area contributed by atoms with Gasteiger partial charge in [-0.3, -0.25) is 9.89 Å².